The molecule has 0 bridgehead atoms. The second-order valence-corrected chi connectivity index (χ2v) is 6.34. The molecule has 138 valence electrons. The lowest BCUT2D eigenvalue weighted by molar-refractivity contribution is 0.102. The Balaban J connectivity index is 1.71. The number of aromatic nitrogens is 2. The summed E-state index contributed by atoms with van der Waals surface area (Å²) < 4.78 is 5.15. The number of carbonyl (C=O) groups is 1. The molecule has 3 aromatic rings. The number of nitrogens with zero attached hydrogens (tertiary/aromatic N) is 2. The summed E-state index contributed by atoms with van der Waals surface area (Å²) in [5.41, 5.74) is 3.05. The Labute approximate surface area is 158 Å². The topological polar surface area (TPSA) is 76.1 Å². The van der Waals surface area contributed by atoms with Crippen molar-refractivity contribution in [3.63, 3.8) is 0 Å². The SMILES string of the molecule is COc1cccc(NC(=O)c2cnc(Nc3ccccc3C(C)C)cn2)c1. The van der Waals surface area contributed by atoms with Gasteiger partial charge in [0.25, 0.3) is 5.91 Å². The Kier molecular flexibility index (Phi) is 5.66. The van der Waals surface area contributed by atoms with Crippen LogP contribution in [0, 0.1) is 0 Å². The lowest BCUT2D eigenvalue weighted by Gasteiger charge is -2.14. The van der Waals surface area contributed by atoms with Gasteiger partial charge in [0.15, 0.2) is 0 Å². The molecule has 27 heavy (non-hydrogen) atoms. The molecule has 2 aromatic carbocycles. The van der Waals surface area contributed by atoms with Crippen LogP contribution in [0.1, 0.15) is 35.8 Å². The van der Waals surface area contributed by atoms with Crippen LogP contribution in [-0.2, 0) is 0 Å². The summed E-state index contributed by atoms with van der Waals surface area (Å²) in [5.74, 6) is 1.31. The van der Waals surface area contributed by atoms with E-state index in [0.717, 1.165) is 5.69 Å². The summed E-state index contributed by atoms with van der Waals surface area (Å²) in [5, 5.41) is 6.05. The van der Waals surface area contributed by atoms with Crippen molar-refractivity contribution in [3.8, 4) is 5.75 Å². The second-order valence-electron chi connectivity index (χ2n) is 6.34. The Morgan fingerprint density at radius 1 is 1.04 bits per heavy atom. The highest BCUT2D eigenvalue weighted by Gasteiger charge is 2.10. The highest BCUT2D eigenvalue weighted by atomic mass is 16.5. The molecule has 0 aliphatic carbocycles. The minimum absolute atomic E-state index is 0.237. The summed E-state index contributed by atoms with van der Waals surface area (Å²) in [6.07, 6.45) is 3.01. The van der Waals surface area contributed by atoms with Gasteiger partial charge in [0, 0.05) is 17.4 Å². The van der Waals surface area contributed by atoms with E-state index in [1.165, 1.54) is 11.8 Å². The largest absolute Gasteiger partial charge is 0.497 e. The maximum absolute atomic E-state index is 12.4. The average molecular weight is 362 g/mol. The van der Waals surface area contributed by atoms with Crippen molar-refractivity contribution < 1.29 is 9.53 Å². The molecule has 0 aliphatic rings. The van der Waals surface area contributed by atoms with Crippen molar-refractivity contribution in [2.45, 2.75) is 19.8 Å². The van der Waals surface area contributed by atoms with Crippen molar-refractivity contribution in [1.29, 1.82) is 0 Å². The van der Waals surface area contributed by atoms with E-state index < -0.39 is 0 Å². The zero-order valence-corrected chi connectivity index (χ0v) is 15.6. The van der Waals surface area contributed by atoms with Gasteiger partial charge < -0.3 is 15.4 Å². The van der Waals surface area contributed by atoms with E-state index in [4.69, 9.17) is 4.74 Å². The van der Waals surface area contributed by atoms with Crippen molar-refractivity contribution >= 4 is 23.1 Å². The van der Waals surface area contributed by atoms with Gasteiger partial charge in [-0.1, -0.05) is 38.1 Å². The summed E-state index contributed by atoms with van der Waals surface area (Å²) in [7, 11) is 1.58. The summed E-state index contributed by atoms with van der Waals surface area (Å²) in [6, 6.07) is 15.2. The molecule has 0 fully saturated rings. The molecule has 6 heteroatoms. The monoisotopic (exact) mass is 362 g/mol. The van der Waals surface area contributed by atoms with Gasteiger partial charge in [0.2, 0.25) is 0 Å². The average Bonchev–Trinajstić information content (AvgIpc) is 2.69. The van der Waals surface area contributed by atoms with Crippen molar-refractivity contribution in [2.75, 3.05) is 17.7 Å². The zero-order chi connectivity index (χ0) is 19.2. The highest BCUT2D eigenvalue weighted by Crippen LogP contribution is 2.26. The van der Waals surface area contributed by atoms with Crippen LogP contribution in [0.15, 0.2) is 60.9 Å². The first kappa shape index (κ1) is 18.4. The quantitative estimate of drug-likeness (QED) is 0.670. The lowest BCUT2D eigenvalue weighted by Crippen LogP contribution is -2.14. The number of para-hydroxylation sites is 1. The Morgan fingerprint density at radius 3 is 2.56 bits per heavy atom. The second kappa shape index (κ2) is 8.31. The maximum Gasteiger partial charge on any atom is 0.275 e. The summed E-state index contributed by atoms with van der Waals surface area (Å²) in [6.45, 7) is 4.27. The van der Waals surface area contributed by atoms with E-state index in [0.29, 0.717) is 23.2 Å². The molecule has 0 unspecified atom stereocenters. The van der Waals surface area contributed by atoms with Gasteiger partial charge in [-0.2, -0.15) is 0 Å². The Morgan fingerprint density at radius 2 is 1.85 bits per heavy atom. The molecule has 2 N–H and O–H groups in total. The van der Waals surface area contributed by atoms with E-state index in [9.17, 15) is 4.79 Å². The highest BCUT2D eigenvalue weighted by molar-refractivity contribution is 6.02. The number of ether oxygens (including phenoxy) is 1. The van der Waals surface area contributed by atoms with Crippen LogP contribution in [0.2, 0.25) is 0 Å². The minimum atomic E-state index is -0.329. The molecular formula is C21H22N4O2. The minimum Gasteiger partial charge on any atom is -0.497 e. The standard InChI is InChI=1S/C21H22N4O2/c1-14(2)17-9-4-5-10-18(17)25-20-13-22-19(12-23-20)21(26)24-15-7-6-8-16(11-15)27-3/h4-14H,1-3H3,(H,23,25)(H,24,26). The molecular weight excluding hydrogens is 340 g/mol. The first-order valence-electron chi connectivity index (χ1n) is 8.70. The van der Waals surface area contributed by atoms with E-state index in [-0.39, 0.29) is 11.6 Å². The number of methoxy groups -OCH3 is 1. The van der Waals surface area contributed by atoms with Gasteiger partial charge in [-0.3, -0.25) is 4.79 Å². The van der Waals surface area contributed by atoms with E-state index in [2.05, 4.69) is 40.5 Å². The molecule has 0 radical (unpaired) electrons. The molecule has 6 nitrogen and oxygen atoms in total. The van der Waals surface area contributed by atoms with Crippen LogP contribution in [0.25, 0.3) is 0 Å². The van der Waals surface area contributed by atoms with Crippen molar-refractivity contribution in [3.05, 3.63) is 72.2 Å². The first-order chi connectivity index (χ1) is 13.1. The van der Waals surface area contributed by atoms with Gasteiger partial charge in [-0.15, -0.1) is 0 Å². The molecule has 0 saturated heterocycles. The molecule has 1 amide bonds. The van der Waals surface area contributed by atoms with Gasteiger partial charge in [0.05, 0.1) is 19.5 Å². The van der Waals surface area contributed by atoms with E-state index >= 15 is 0 Å². The predicted molar refractivity (Wildman–Crippen MR) is 107 cm³/mol. The Bertz CT molecular complexity index is 923. The van der Waals surface area contributed by atoms with Crippen LogP contribution in [0.5, 0.6) is 5.75 Å². The number of benzene rings is 2. The number of carbonyl (C=O) groups excluding carboxylic acids is 1. The van der Waals surface area contributed by atoms with Crippen LogP contribution < -0.4 is 15.4 Å². The number of nitrogens with one attached hydrogen (secondary N) is 2. The smallest absolute Gasteiger partial charge is 0.275 e. The van der Waals surface area contributed by atoms with Gasteiger partial charge in [-0.25, -0.2) is 9.97 Å². The van der Waals surface area contributed by atoms with Crippen molar-refractivity contribution in [2.24, 2.45) is 0 Å². The number of hydrogen-bond donors (Lipinski definition) is 2. The fraction of sp³-hybridized carbons (Fsp3) is 0.190. The molecule has 1 heterocycles. The Hall–Kier alpha value is -3.41. The third-order valence-electron chi connectivity index (χ3n) is 4.06. The fourth-order valence-electron chi connectivity index (χ4n) is 2.66. The van der Waals surface area contributed by atoms with Gasteiger partial charge in [-0.05, 0) is 29.7 Å². The summed E-state index contributed by atoms with van der Waals surface area (Å²) in [4.78, 5) is 20.9. The molecule has 0 spiro atoms. The number of rotatable bonds is 6. The zero-order valence-electron chi connectivity index (χ0n) is 15.6. The van der Waals surface area contributed by atoms with E-state index in [1.54, 1.807) is 31.5 Å². The molecule has 1 aromatic heterocycles. The van der Waals surface area contributed by atoms with Crippen LogP contribution in [-0.4, -0.2) is 23.0 Å². The lowest BCUT2D eigenvalue weighted by atomic mass is 10.0. The molecule has 3 rings (SSSR count). The normalized spacial score (nSPS) is 10.5. The number of hydrogen-bond acceptors (Lipinski definition) is 5. The molecule has 0 aliphatic heterocycles. The number of amides is 1. The third kappa shape index (κ3) is 4.61. The maximum atomic E-state index is 12.4. The van der Waals surface area contributed by atoms with Gasteiger partial charge in [0.1, 0.15) is 17.3 Å². The summed E-state index contributed by atoms with van der Waals surface area (Å²) >= 11 is 0. The predicted octanol–water partition coefficient (Wildman–Crippen LogP) is 4.60. The van der Waals surface area contributed by atoms with Crippen LogP contribution >= 0.6 is 0 Å². The van der Waals surface area contributed by atoms with Crippen LogP contribution in [0.4, 0.5) is 17.2 Å². The fourth-order valence-corrected chi connectivity index (χ4v) is 2.66. The molecule has 0 saturated carbocycles. The molecule has 0 atom stereocenters. The number of anilines is 3. The van der Waals surface area contributed by atoms with E-state index in [1.807, 2.05) is 24.3 Å². The van der Waals surface area contributed by atoms with Crippen LogP contribution in [0.3, 0.4) is 0 Å². The third-order valence-corrected chi connectivity index (χ3v) is 4.06. The first-order valence-corrected chi connectivity index (χ1v) is 8.70. The van der Waals surface area contributed by atoms with Gasteiger partial charge >= 0.3 is 0 Å². The van der Waals surface area contributed by atoms with Crippen molar-refractivity contribution in [1.82, 2.24) is 9.97 Å².